The number of aliphatic imine (C=N–C) groups is 1. The molecule has 2 aliphatic rings. The summed E-state index contributed by atoms with van der Waals surface area (Å²) in [5.41, 5.74) is 3.15. The summed E-state index contributed by atoms with van der Waals surface area (Å²) in [7, 11) is 0. The van der Waals surface area contributed by atoms with Crippen molar-refractivity contribution in [3.63, 3.8) is 0 Å². The van der Waals surface area contributed by atoms with Gasteiger partial charge < -0.3 is 14.2 Å². The Labute approximate surface area is 209 Å². The molecule has 0 radical (unpaired) electrons. The van der Waals surface area contributed by atoms with Gasteiger partial charge in [-0.15, -0.1) is 0 Å². The third-order valence-corrected chi connectivity index (χ3v) is 6.36. The van der Waals surface area contributed by atoms with Crippen molar-refractivity contribution < 1.29 is 19.0 Å². The van der Waals surface area contributed by atoms with Crippen molar-refractivity contribution in [1.29, 1.82) is 5.41 Å². The standard InChI is InChI=1S/C26H28N4O4S/c1-5-23-29-30-24(27)19(25(31)28-26(30)35-23)14-18-8-10-21(22(15-18)32-6-2)34-12-11-33-20-9-7-16(3)13-17(20)4/h7-10,13-15,27H,5-6,11-12H2,1-4H3/b19-14-,27-24?. The Hall–Kier alpha value is -3.59. The van der Waals surface area contributed by atoms with Gasteiger partial charge in [-0.05, 0) is 74.4 Å². The van der Waals surface area contributed by atoms with E-state index in [1.807, 2.05) is 45.9 Å². The number of hydrogen-bond donors (Lipinski definition) is 1. The summed E-state index contributed by atoms with van der Waals surface area (Å²) in [6.45, 7) is 9.13. The summed E-state index contributed by atoms with van der Waals surface area (Å²) in [6.07, 6.45) is 2.35. The molecular formula is C26H28N4O4S. The van der Waals surface area contributed by atoms with Gasteiger partial charge in [0.15, 0.2) is 17.3 Å². The number of nitrogens with one attached hydrogen (secondary N) is 1. The number of thioether (sulfide) groups is 1. The van der Waals surface area contributed by atoms with Crippen LogP contribution in [0.25, 0.3) is 6.08 Å². The molecule has 0 atom stereocenters. The Bertz CT molecular complexity index is 1250. The van der Waals surface area contributed by atoms with Gasteiger partial charge in [-0.3, -0.25) is 10.2 Å². The molecule has 8 nitrogen and oxygen atoms in total. The van der Waals surface area contributed by atoms with Crippen LogP contribution in [-0.4, -0.2) is 46.8 Å². The lowest BCUT2D eigenvalue weighted by Crippen LogP contribution is -2.35. The number of amidine groups is 2. The average Bonchev–Trinajstić information content (AvgIpc) is 3.25. The number of nitrogens with zero attached hydrogens (tertiary/aromatic N) is 3. The predicted molar refractivity (Wildman–Crippen MR) is 140 cm³/mol. The number of carbonyl (C=O) groups is 1. The summed E-state index contributed by atoms with van der Waals surface area (Å²) in [5.74, 6) is 1.52. The Morgan fingerprint density at radius 3 is 2.46 bits per heavy atom. The van der Waals surface area contributed by atoms with Gasteiger partial charge in [0.2, 0.25) is 5.17 Å². The van der Waals surface area contributed by atoms with E-state index in [4.69, 9.17) is 19.6 Å². The van der Waals surface area contributed by atoms with Crippen LogP contribution in [0.5, 0.6) is 17.2 Å². The van der Waals surface area contributed by atoms with Gasteiger partial charge in [0.05, 0.1) is 12.2 Å². The minimum absolute atomic E-state index is 0.0118. The van der Waals surface area contributed by atoms with Crippen LogP contribution in [0.2, 0.25) is 0 Å². The number of amides is 1. The molecule has 0 aromatic heterocycles. The highest BCUT2D eigenvalue weighted by molar-refractivity contribution is 8.26. The van der Waals surface area contributed by atoms with Crippen LogP contribution >= 0.6 is 11.8 Å². The first-order valence-electron chi connectivity index (χ1n) is 11.5. The number of hydrogen-bond acceptors (Lipinski definition) is 7. The first-order chi connectivity index (χ1) is 16.9. The van der Waals surface area contributed by atoms with E-state index in [1.54, 1.807) is 18.2 Å². The van der Waals surface area contributed by atoms with Crippen molar-refractivity contribution in [3.05, 3.63) is 58.7 Å². The normalized spacial score (nSPS) is 16.2. The van der Waals surface area contributed by atoms with Crippen molar-refractivity contribution in [1.82, 2.24) is 5.01 Å². The summed E-state index contributed by atoms with van der Waals surface area (Å²) in [5, 5.41) is 15.5. The minimum atomic E-state index is -0.455. The molecule has 1 N–H and O–H groups in total. The molecule has 0 fully saturated rings. The first-order valence-corrected chi connectivity index (χ1v) is 12.3. The Morgan fingerprint density at radius 2 is 1.74 bits per heavy atom. The fraction of sp³-hybridized carbons (Fsp3) is 0.308. The molecule has 2 aliphatic heterocycles. The minimum Gasteiger partial charge on any atom is -0.490 e. The molecular weight excluding hydrogens is 464 g/mol. The second kappa shape index (κ2) is 10.8. The second-order valence-electron chi connectivity index (χ2n) is 7.97. The van der Waals surface area contributed by atoms with Crippen LogP contribution in [0, 0.1) is 19.3 Å². The van der Waals surface area contributed by atoms with Gasteiger partial charge in [-0.25, -0.2) is 0 Å². The number of benzene rings is 2. The lowest BCUT2D eigenvalue weighted by Gasteiger charge is -2.20. The zero-order valence-electron chi connectivity index (χ0n) is 20.3. The molecule has 4 rings (SSSR count). The van der Waals surface area contributed by atoms with Crippen LogP contribution in [0.4, 0.5) is 0 Å². The largest absolute Gasteiger partial charge is 0.490 e. The monoisotopic (exact) mass is 492 g/mol. The number of hydrazone groups is 1. The van der Waals surface area contributed by atoms with Gasteiger partial charge in [-0.1, -0.05) is 30.7 Å². The van der Waals surface area contributed by atoms with Crippen molar-refractivity contribution in [2.75, 3.05) is 19.8 Å². The second-order valence-corrected chi connectivity index (χ2v) is 9.01. The number of aryl methyl sites for hydroxylation is 2. The molecule has 0 saturated carbocycles. The van der Waals surface area contributed by atoms with Crippen molar-refractivity contribution >= 4 is 39.8 Å². The van der Waals surface area contributed by atoms with Crippen molar-refractivity contribution in [2.45, 2.75) is 34.1 Å². The van der Waals surface area contributed by atoms with E-state index < -0.39 is 5.91 Å². The van der Waals surface area contributed by atoms with E-state index in [0.717, 1.165) is 22.8 Å². The van der Waals surface area contributed by atoms with E-state index in [0.29, 0.717) is 42.1 Å². The molecule has 9 heteroatoms. The van der Waals surface area contributed by atoms with Crippen LogP contribution in [0.1, 0.15) is 37.0 Å². The summed E-state index contributed by atoms with van der Waals surface area (Å²) in [4.78, 5) is 16.7. The molecule has 0 spiro atoms. The van der Waals surface area contributed by atoms with Crippen molar-refractivity contribution in [2.24, 2.45) is 10.1 Å². The lowest BCUT2D eigenvalue weighted by molar-refractivity contribution is -0.114. The fourth-order valence-electron chi connectivity index (χ4n) is 3.61. The molecule has 1 amide bonds. The molecule has 0 unspecified atom stereocenters. The van der Waals surface area contributed by atoms with Gasteiger partial charge in [0.25, 0.3) is 5.91 Å². The van der Waals surface area contributed by atoms with Gasteiger partial charge >= 0.3 is 0 Å². The van der Waals surface area contributed by atoms with E-state index in [1.165, 1.54) is 22.3 Å². The first kappa shape index (κ1) is 24.5. The predicted octanol–water partition coefficient (Wildman–Crippen LogP) is 5.19. The van der Waals surface area contributed by atoms with E-state index in [-0.39, 0.29) is 11.4 Å². The van der Waals surface area contributed by atoms with Crippen molar-refractivity contribution in [3.8, 4) is 17.2 Å². The fourth-order valence-corrected chi connectivity index (χ4v) is 4.43. The van der Waals surface area contributed by atoms with E-state index in [9.17, 15) is 4.79 Å². The summed E-state index contributed by atoms with van der Waals surface area (Å²) < 4.78 is 17.5. The van der Waals surface area contributed by atoms with Gasteiger partial charge in [0.1, 0.15) is 24.0 Å². The van der Waals surface area contributed by atoms with E-state index >= 15 is 0 Å². The number of ether oxygens (including phenoxy) is 3. The highest BCUT2D eigenvalue weighted by Crippen LogP contribution is 2.32. The molecule has 0 aliphatic carbocycles. The maximum absolute atomic E-state index is 12.6. The molecule has 0 bridgehead atoms. The molecule has 2 aromatic rings. The molecule has 35 heavy (non-hydrogen) atoms. The summed E-state index contributed by atoms with van der Waals surface area (Å²) >= 11 is 1.32. The van der Waals surface area contributed by atoms with Crippen LogP contribution in [0.3, 0.4) is 0 Å². The Kier molecular flexibility index (Phi) is 7.55. The number of fused-ring (bicyclic) bond motifs is 1. The third kappa shape index (κ3) is 5.57. The lowest BCUT2D eigenvalue weighted by atomic mass is 10.1. The number of carbonyl (C=O) groups excluding carboxylic acids is 1. The highest BCUT2D eigenvalue weighted by Gasteiger charge is 2.35. The average molecular weight is 493 g/mol. The zero-order valence-corrected chi connectivity index (χ0v) is 21.1. The molecule has 2 heterocycles. The van der Waals surface area contributed by atoms with Crippen LogP contribution in [0.15, 0.2) is 52.1 Å². The molecule has 2 aromatic carbocycles. The Morgan fingerprint density at radius 1 is 1.00 bits per heavy atom. The Balaban J connectivity index is 1.46. The number of rotatable bonds is 9. The smallest absolute Gasteiger partial charge is 0.283 e. The van der Waals surface area contributed by atoms with Crippen LogP contribution < -0.4 is 14.2 Å². The third-order valence-electron chi connectivity index (χ3n) is 5.31. The van der Waals surface area contributed by atoms with Crippen LogP contribution in [-0.2, 0) is 4.79 Å². The maximum Gasteiger partial charge on any atom is 0.283 e. The van der Waals surface area contributed by atoms with Gasteiger partial charge in [-0.2, -0.15) is 15.1 Å². The van der Waals surface area contributed by atoms with Gasteiger partial charge in [0, 0.05) is 0 Å². The SMILES string of the molecule is CCOc1cc(/C=C2/C(=N)N3N=C(CC)SC3=NC2=O)ccc1OCCOc1ccc(C)cc1C. The topological polar surface area (TPSA) is 96.6 Å². The maximum atomic E-state index is 12.6. The quantitative estimate of drug-likeness (QED) is 0.382. The highest BCUT2D eigenvalue weighted by atomic mass is 32.2. The zero-order chi connectivity index (χ0) is 24.9. The molecule has 0 saturated heterocycles. The molecule has 182 valence electrons. The van der Waals surface area contributed by atoms with E-state index in [2.05, 4.69) is 16.2 Å². The summed E-state index contributed by atoms with van der Waals surface area (Å²) in [6, 6.07) is 11.5.